The zero-order valence-electron chi connectivity index (χ0n) is 37.6. The maximum atomic E-state index is 14.0. The number of hydrogen-bond acceptors (Lipinski definition) is 10. The second-order valence-corrected chi connectivity index (χ2v) is 16.5. The summed E-state index contributed by atoms with van der Waals surface area (Å²) < 4.78 is 0. The highest BCUT2D eigenvalue weighted by Gasteiger charge is 2.30. The quantitative estimate of drug-likeness (QED) is 0.0401. The third-order valence-electron chi connectivity index (χ3n) is 10.9. The summed E-state index contributed by atoms with van der Waals surface area (Å²) in [6.45, 7) is 5.25. The first kappa shape index (κ1) is 56.7. The number of carbonyl (C=O) groups excluding carboxylic acids is 6. The molecular formula is C44H88N10O6. The van der Waals surface area contributed by atoms with Crippen molar-refractivity contribution in [3.05, 3.63) is 0 Å². The molecule has 0 rings (SSSR count). The molecule has 0 aliphatic heterocycles. The van der Waals surface area contributed by atoms with Gasteiger partial charge in [-0.25, -0.2) is 0 Å². The van der Waals surface area contributed by atoms with Crippen molar-refractivity contribution >= 4 is 35.4 Å². The molecule has 0 heterocycles. The van der Waals surface area contributed by atoms with E-state index < -0.39 is 59.7 Å². The van der Waals surface area contributed by atoms with E-state index in [1.165, 1.54) is 44.9 Å². The van der Waals surface area contributed by atoms with Crippen LogP contribution in [0.3, 0.4) is 0 Å². The van der Waals surface area contributed by atoms with Crippen LogP contribution in [0.25, 0.3) is 0 Å². The SMILES string of the molecule is CCCCCCCCCCC(N)C(=O)N[C@@H](CCCCN)C(=O)N[C@@H](CCCCNC(=O)[C@@H](N)CCCCN)C(=O)NC(CCCCCCCCCC)C(=O)NCC(N)=O. The molecular weight excluding hydrogens is 765 g/mol. The van der Waals surface area contributed by atoms with E-state index in [1.807, 2.05) is 0 Å². The van der Waals surface area contributed by atoms with Crippen LogP contribution < -0.4 is 55.3 Å². The summed E-state index contributed by atoms with van der Waals surface area (Å²) in [6.07, 6.45) is 22.8. The summed E-state index contributed by atoms with van der Waals surface area (Å²) >= 11 is 0. The van der Waals surface area contributed by atoms with E-state index in [4.69, 9.17) is 28.7 Å². The lowest BCUT2D eigenvalue weighted by Gasteiger charge is -2.26. The van der Waals surface area contributed by atoms with Crippen LogP contribution in [0.4, 0.5) is 0 Å². The Morgan fingerprint density at radius 3 is 1.20 bits per heavy atom. The van der Waals surface area contributed by atoms with Crippen molar-refractivity contribution in [1.29, 1.82) is 0 Å². The fraction of sp³-hybridized carbons (Fsp3) is 0.864. The van der Waals surface area contributed by atoms with E-state index in [-0.39, 0.29) is 18.9 Å². The van der Waals surface area contributed by atoms with Crippen molar-refractivity contribution in [2.24, 2.45) is 28.7 Å². The Balaban J connectivity index is 5.87. The zero-order valence-corrected chi connectivity index (χ0v) is 37.6. The number of amides is 6. The normalized spacial score (nSPS) is 13.7. The molecule has 0 aromatic heterocycles. The fourth-order valence-electron chi connectivity index (χ4n) is 6.99. The molecule has 15 N–H and O–H groups in total. The molecule has 16 nitrogen and oxygen atoms in total. The van der Waals surface area contributed by atoms with E-state index >= 15 is 0 Å². The van der Waals surface area contributed by atoms with Crippen LogP contribution in [0.1, 0.15) is 187 Å². The maximum absolute atomic E-state index is 14.0. The first-order chi connectivity index (χ1) is 28.9. The number of hydrogen-bond donors (Lipinski definition) is 10. The number of nitrogens with two attached hydrogens (primary N) is 5. The molecule has 0 aliphatic carbocycles. The predicted octanol–water partition coefficient (Wildman–Crippen LogP) is 3.30. The van der Waals surface area contributed by atoms with Crippen LogP contribution in [0.5, 0.6) is 0 Å². The van der Waals surface area contributed by atoms with Crippen molar-refractivity contribution in [3.8, 4) is 0 Å². The van der Waals surface area contributed by atoms with Gasteiger partial charge in [-0.2, -0.15) is 0 Å². The van der Waals surface area contributed by atoms with E-state index in [9.17, 15) is 28.8 Å². The highest BCUT2D eigenvalue weighted by atomic mass is 16.2. The Labute approximate surface area is 362 Å². The van der Waals surface area contributed by atoms with Crippen LogP contribution in [0.2, 0.25) is 0 Å². The average Bonchev–Trinajstić information content (AvgIpc) is 3.22. The van der Waals surface area contributed by atoms with Crippen molar-refractivity contribution in [2.45, 2.75) is 217 Å². The van der Waals surface area contributed by atoms with Gasteiger partial charge in [-0.1, -0.05) is 123 Å². The standard InChI is InChI=1S/C44H88N10O6/c1-3-5-7-9-11-13-15-17-25-35(48)41(57)52-37(28-20-23-31-46)43(59)54-38(29-21-24-32-50-40(56)34(47)26-19-22-30-45)44(60)53-36(42(58)51-33-39(49)55)27-18-16-14-12-10-8-6-4-2/h34-38H,3-33,45-48H2,1-2H3,(H2,49,55)(H,50,56)(H,51,58)(H,52,57)(H,53,60)(H,54,59)/t34-,35?,36?,37-,38-/m0/s1. The largest absolute Gasteiger partial charge is 0.368 e. The number of primary amides is 1. The Bertz CT molecular complexity index is 1160. The monoisotopic (exact) mass is 853 g/mol. The lowest BCUT2D eigenvalue weighted by atomic mass is 10.0. The van der Waals surface area contributed by atoms with Crippen molar-refractivity contribution < 1.29 is 28.8 Å². The molecule has 0 aliphatic rings. The minimum Gasteiger partial charge on any atom is -0.368 e. The van der Waals surface area contributed by atoms with Crippen LogP contribution in [0, 0.1) is 0 Å². The van der Waals surface area contributed by atoms with Gasteiger partial charge < -0.3 is 55.3 Å². The second kappa shape index (κ2) is 38.6. The molecule has 6 amide bonds. The van der Waals surface area contributed by atoms with Crippen molar-refractivity contribution in [1.82, 2.24) is 26.6 Å². The van der Waals surface area contributed by atoms with Crippen LogP contribution in [0.15, 0.2) is 0 Å². The van der Waals surface area contributed by atoms with Crippen LogP contribution in [-0.4, -0.2) is 91.8 Å². The lowest BCUT2D eigenvalue weighted by Crippen LogP contribution is -2.58. The summed E-state index contributed by atoms with van der Waals surface area (Å²) in [6, 6.07) is -4.43. The minimum atomic E-state index is -1.07. The van der Waals surface area contributed by atoms with Crippen molar-refractivity contribution in [2.75, 3.05) is 26.2 Å². The van der Waals surface area contributed by atoms with E-state index in [0.717, 1.165) is 64.2 Å². The third kappa shape index (κ3) is 30.6. The molecule has 0 aromatic carbocycles. The number of nitrogens with one attached hydrogen (secondary N) is 5. The second-order valence-electron chi connectivity index (χ2n) is 16.5. The van der Waals surface area contributed by atoms with Gasteiger partial charge >= 0.3 is 0 Å². The Hall–Kier alpha value is -3.34. The summed E-state index contributed by atoms with van der Waals surface area (Å²) in [5.41, 5.74) is 28.9. The lowest BCUT2D eigenvalue weighted by molar-refractivity contribution is -0.134. The van der Waals surface area contributed by atoms with Gasteiger partial charge in [0.15, 0.2) is 0 Å². The summed E-state index contributed by atoms with van der Waals surface area (Å²) in [5, 5.41) is 13.9. The molecule has 60 heavy (non-hydrogen) atoms. The molecule has 2 unspecified atom stereocenters. The first-order valence-corrected chi connectivity index (χ1v) is 23.6. The van der Waals surface area contributed by atoms with Gasteiger partial charge in [0.1, 0.15) is 18.1 Å². The molecule has 0 fully saturated rings. The topological polar surface area (TPSA) is 293 Å². The molecule has 5 atom stereocenters. The van der Waals surface area contributed by atoms with Gasteiger partial charge in [0.25, 0.3) is 0 Å². The molecule has 0 saturated carbocycles. The minimum absolute atomic E-state index is 0.185. The maximum Gasteiger partial charge on any atom is 0.243 e. The Morgan fingerprint density at radius 1 is 0.400 bits per heavy atom. The van der Waals surface area contributed by atoms with Gasteiger partial charge in [0.05, 0.1) is 18.6 Å². The van der Waals surface area contributed by atoms with Gasteiger partial charge in [-0.05, 0) is 77.3 Å². The third-order valence-corrected chi connectivity index (χ3v) is 10.9. The van der Waals surface area contributed by atoms with Crippen LogP contribution >= 0.6 is 0 Å². The highest BCUT2D eigenvalue weighted by Crippen LogP contribution is 2.14. The summed E-state index contributed by atoms with van der Waals surface area (Å²) in [7, 11) is 0. The number of unbranched alkanes of at least 4 members (excludes halogenated alkanes) is 17. The van der Waals surface area contributed by atoms with Gasteiger partial charge in [-0.3, -0.25) is 28.8 Å². The van der Waals surface area contributed by atoms with E-state index in [0.29, 0.717) is 77.4 Å². The van der Waals surface area contributed by atoms with E-state index in [1.54, 1.807) is 0 Å². The molecule has 0 bridgehead atoms. The van der Waals surface area contributed by atoms with Crippen molar-refractivity contribution in [3.63, 3.8) is 0 Å². The summed E-state index contributed by atoms with van der Waals surface area (Å²) in [5.74, 6) is -3.08. The average molecular weight is 853 g/mol. The Kier molecular flexibility index (Phi) is 36.4. The molecule has 16 heteroatoms. The molecule has 0 radical (unpaired) electrons. The molecule has 350 valence electrons. The molecule has 0 spiro atoms. The smallest absolute Gasteiger partial charge is 0.243 e. The van der Waals surface area contributed by atoms with E-state index in [2.05, 4.69) is 40.4 Å². The summed E-state index contributed by atoms with van der Waals surface area (Å²) in [4.78, 5) is 78.4. The number of rotatable bonds is 41. The van der Waals surface area contributed by atoms with Gasteiger partial charge in [-0.15, -0.1) is 0 Å². The predicted molar refractivity (Wildman–Crippen MR) is 241 cm³/mol. The first-order valence-electron chi connectivity index (χ1n) is 23.6. The Morgan fingerprint density at radius 2 is 0.750 bits per heavy atom. The van der Waals surface area contributed by atoms with Crippen LogP contribution in [-0.2, 0) is 28.8 Å². The van der Waals surface area contributed by atoms with Gasteiger partial charge in [0.2, 0.25) is 35.4 Å². The van der Waals surface area contributed by atoms with Gasteiger partial charge in [0, 0.05) is 6.54 Å². The fourth-order valence-corrected chi connectivity index (χ4v) is 6.99. The highest BCUT2D eigenvalue weighted by molar-refractivity contribution is 5.95. The molecule has 0 saturated heterocycles. The zero-order chi connectivity index (χ0) is 44.8. The number of carbonyl (C=O) groups is 6. The molecule has 0 aromatic rings.